The third kappa shape index (κ3) is 0.850. The summed E-state index contributed by atoms with van der Waals surface area (Å²) in [6, 6.07) is 0. The third-order valence-corrected chi connectivity index (χ3v) is 5.33. The minimum Gasteiger partial charge on any atom is -0.0872 e. The van der Waals surface area contributed by atoms with Gasteiger partial charge in [-0.05, 0) is 11.8 Å². The number of rotatable bonds is 0. The lowest BCUT2D eigenvalue weighted by Gasteiger charge is -2.45. The van der Waals surface area contributed by atoms with Crippen LogP contribution >= 0.6 is 31.9 Å². The molecule has 0 N–H and O–H groups in total. The highest BCUT2D eigenvalue weighted by atomic mass is 79.9. The topological polar surface area (TPSA) is 0 Å². The van der Waals surface area contributed by atoms with Crippen molar-refractivity contribution in [1.82, 2.24) is 0 Å². The first kappa shape index (κ1) is 7.11. The lowest BCUT2D eigenvalue weighted by molar-refractivity contribution is 0.323. The summed E-state index contributed by atoms with van der Waals surface area (Å²) in [5.74, 6) is 1.46. The molecule has 0 bridgehead atoms. The van der Waals surface area contributed by atoms with Crippen molar-refractivity contribution >= 4 is 31.9 Å². The molecular formula is C8H8Br2. The van der Waals surface area contributed by atoms with Crippen LogP contribution in [0.3, 0.4) is 0 Å². The van der Waals surface area contributed by atoms with Crippen LogP contribution in [0.1, 0.15) is 0 Å². The lowest BCUT2D eigenvalue weighted by atomic mass is 9.71. The van der Waals surface area contributed by atoms with E-state index in [0.717, 1.165) is 11.8 Å². The molecular weight excluding hydrogens is 256 g/mol. The highest BCUT2D eigenvalue weighted by molar-refractivity contribution is 9.12. The standard InChI is InChI=1S/C8H8Br2/c9-7-5-3-1-2-4-6(5)8(7)10/h1-8H. The molecule has 0 radical (unpaired) electrons. The smallest absolute Gasteiger partial charge is 0.0345 e. The monoisotopic (exact) mass is 262 g/mol. The molecule has 1 saturated carbocycles. The summed E-state index contributed by atoms with van der Waals surface area (Å²) in [6.45, 7) is 0. The van der Waals surface area contributed by atoms with Gasteiger partial charge in [-0.3, -0.25) is 0 Å². The second kappa shape index (κ2) is 2.49. The molecule has 0 saturated heterocycles. The number of allylic oxidation sites excluding steroid dienone is 4. The Kier molecular flexibility index (Phi) is 1.77. The maximum Gasteiger partial charge on any atom is 0.0345 e. The zero-order valence-electron chi connectivity index (χ0n) is 5.37. The Bertz CT molecular complexity index is 173. The zero-order chi connectivity index (χ0) is 7.14. The molecule has 1 fully saturated rings. The molecule has 2 aliphatic carbocycles. The second-order valence-corrected chi connectivity index (χ2v) is 4.93. The normalized spacial score (nSPS) is 50.2. The molecule has 0 heterocycles. The first-order chi connectivity index (χ1) is 4.80. The molecule has 54 valence electrons. The van der Waals surface area contributed by atoms with E-state index in [-0.39, 0.29) is 0 Å². The average molecular weight is 264 g/mol. The Labute approximate surface area is 77.6 Å². The van der Waals surface area contributed by atoms with E-state index in [0.29, 0.717) is 9.65 Å². The lowest BCUT2D eigenvalue weighted by Crippen LogP contribution is -2.47. The SMILES string of the molecule is BrC1C(Br)C2C=CC=CC12. The quantitative estimate of drug-likeness (QED) is 0.590. The van der Waals surface area contributed by atoms with Crippen LogP contribution in [-0.2, 0) is 0 Å². The third-order valence-electron chi connectivity index (χ3n) is 2.26. The number of halogens is 2. The van der Waals surface area contributed by atoms with Crippen molar-refractivity contribution in [2.24, 2.45) is 11.8 Å². The van der Waals surface area contributed by atoms with E-state index in [4.69, 9.17) is 0 Å². The first-order valence-corrected chi connectivity index (χ1v) is 5.27. The van der Waals surface area contributed by atoms with E-state index in [2.05, 4.69) is 56.2 Å². The van der Waals surface area contributed by atoms with Gasteiger partial charge >= 0.3 is 0 Å². The van der Waals surface area contributed by atoms with Gasteiger partial charge in [-0.1, -0.05) is 56.2 Å². The Morgan fingerprint density at radius 2 is 1.20 bits per heavy atom. The van der Waals surface area contributed by atoms with E-state index >= 15 is 0 Å². The van der Waals surface area contributed by atoms with E-state index in [1.807, 2.05) is 0 Å². The Hall–Kier alpha value is 0.440. The van der Waals surface area contributed by atoms with Crippen molar-refractivity contribution in [3.05, 3.63) is 24.3 Å². The maximum absolute atomic E-state index is 3.64. The van der Waals surface area contributed by atoms with E-state index in [9.17, 15) is 0 Å². The maximum atomic E-state index is 3.64. The largest absolute Gasteiger partial charge is 0.0872 e. The Morgan fingerprint density at radius 3 is 1.60 bits per heavy atom. The van der Waals surface area contributed by atoms with Crippen LogP contribution in [0.15, 0.2) is 24.3 Å². The molecule has 2 rings (SSSR count). The van der Waals surface area contributed by atoms with Crippen LogP contribution < -0.4 is 0 Å². The molecule has 0 nitrogen and oxygen atoms in total. The van der Waals surface area contributed by atoms with Gasteiger partial charge in [-0.2, -0.15) is 0 Å². The number of fused-ring (bicyclic) bond motifs is 1. The van der Waals surface area contributed by atoms with Crippen LogP contribution in [0, 0.1) is 11.8 Å². The predicted molar refractivity (Wildman–Crippen MR) is 50.7 cm³/mol. The summed E-state index contributed by atoms with van der Waals surface area (Å²) in [6.07, 6.45) is 8.83. The van der Waals surface area contributed by atoms with Crippen molar-refractivity contribution in [3.8, 4) is 0 Å². The van der Waals surface area contributed by atoms with Crippen LogP contribution in [-0.4, -0.2) is 9.65 Å². The average Bonchev–Trinajstić information content (AvgIpc) is 2.03. The van der Waals surface area contributed by atoms with Gasteiger partial charge in [0, 0.05) is 9.65 Å². The molecule has 0 spiro atoms. The summed E-state index contributed by atoms with van der Waals surface area (Å²) >= 11 is 7.27. The number of alkyl halides is 2. The van der Waals surface area contributed by atoms with Crippen LogP contribution in [0.2, 0.25) is 0 Å². The molecule has 0 aliphatic heterocycles. The van der Waals surface area contributed by atoms with Crippen molar-refractivity contribution < 1.29 is 0 Å². The molecule has 4 unspecified atom stereocenters. The molecule has 2 heteroatoms. The molecule has 0 aromatic heterocycles. The van der Waals surface area contributed by atoms with Gasteiger partial charge in [-0.15, -0.1) is 0 Å². The van der Waals surface area contributed by atoms with E-state index in [1.54, 1.807) is 0 Å². The number of hydrogen-bond acceptors (Lipinski definition) is 0. The summed E-state index contributed by atoms with van der Waals surface area (Å²) in [7, 11) is 0. The fourth-order valence-electron chi connectivity index (χ4n) is 1.56. The van der Waals surface area contributed by atoms with Crippen LogP contribution in [0.25, 0.3) is 0 Å². The molecule has 4 atom stereocenters. The van der Waals surface area contributed by atoms with Gasteiger partial charge in [0.25, 0.3) is 0 Å². The zero-order valence-corrected chi connectivity index (χ0v) is 8.55. The van der Waals surface area contributed by atoms with Gasteiger partial charge in [0.1, 0.15) is 0 Å². The molecule has 2 aliphatic rings. The summed E-state index contributed by atoms with van der Waals surface area (Å²) in [5, 5.41) is 0. The van der Waals surface area contributed by atoms with Crippen molar-refractivity contribution in [3.63, 3.8) is 0 Å². The highest BCUT2D eigenvalue weighted by Gasteiger charge is 2.45. The summed E-state index contributed by atoms with van der Waals surface area (Å²) in [4.78, 5) is 1.28. The Balaban J connectivity index is 2.17. The van der Waals surface area contributed by atoms with E-state index < -0.39 is 0 Å². The number of hydrogen-bond donors (Lipinski definition) is 0. The van der Waals surface area contributed by atoms with Crippen LogP contribution in [0.4, 0.5) is 0 Å². The highest BCUT2D eigenvalue weighted by Crippen LogP contribution is 2.47. The van der Waals surface area contributed by atoms with Gasteiger partial charge in [0.2, 0.25) is 0 Å². The minimum absolute atomic E-state index is 0.638. The predicted octanol–water partition coefficient (Wildman–Crippen LogP) is 2.89. The van der Waals surface area contributed by atoms with Crippen molar-refractivity contribution in [2.75, 3.05) is 0 Å². The first-order valence-electron chi connectivity index (χ1n) is 3.44. The summed E-state index contributed by atoms with van der Waals surface area (Å²) < 4.78 is 0. The van der Waals surface area contributed by atoms with Crippen molar-refractivity contribution in [1.29, 1.82) is 0 Å². The molecule has 10 heavy (non-hydrogen) atoms. The van der Waals surface area contributed by atoms with Crippen LogP contribution in [0.5, 0.6) is 0 Å². The van der Waals surface area contributed by atoms with Crippen molar-refractivity contribution in [2.45, 2.75) is 9.65 Å². The molecule has 0 aromatic rings. The fourth-order valence-corrected chi connectivity index (χ4v) is 3.32. The minimum atomic E-state index is 0.638. The molecule has 0 amide bonds. The van der Waals surface area contributed by atoms with E-state index in [1.165, 1.54) is 0 Å². The second-order valence-electron chi connectivity index (χ2n) is 2.81. The fraction of sp³-hybridized carbons (Fsp3) is 0.500. The van der Waals surface area contributed by atoms with Gasteiger partial charge in [-0.25, -0.2) is 0 Å². The van der Waals surface area contributed by atoms with Gasteiger partial charge in [0.05, 0.1) is 0 Å². The summed E-state index contributed by atoms with van der Waals surface area (Å²) in [5.41, 5.74) is 0. The Morgan fingerprint density at radius 1 is 0.800 bits per heavy atom. The molecule has 0 aromatic carbocycles. The van der Waals surface area contributed by atoms with Gasteiger partial charge < -0.3 is 0 Å². The van der Waals surface area contributed by atoms with Gasteiger partial charge in [0.15, 0.2) is 0 Å².